The standard InChI is InChI=1S/C18H18/c1-2-7-14-8-3-5-10-16(14)18-13-12-15-9-4-6-11-17(15)18/h2-6,8-11,18H,1,7,12-13H2. The van der Waals surface area contributed by atoms with Crippen LogP contribution in [0.1, 0.15) is 34.6 Å². The molecule has 2 aromatic carbocycles. The van der Waals surface area contributed by atoms with Crippen molar-refractivity contribution in [1.82, 2.24) is 0 Å². The van der Waals surface area contributed by atoms with Crippen molar-refractivity contribution in [3.05, 3.63) is 83.4 Å². The first-order chi connectivity index (χ1) is 8.90. The topological polar surface area (TPSA) is 0 Å². The van der Waals surface area contributed by atoms with Crippen LogP contribution >= 0.6 is 0 Å². The summed E-state index contributed by atoms with van der Waals surface area (Å²) in [7, 11) is 0. The molecule has 18 heavy (non-hydrogen) atoms. The molecule has 0 amide bonds. The summed E-state index contributed by atoms with van der Waals surface area (Å²) in [6, 6.07) is 17.7. The molecule has 0 saturated heterocycles. The Kier molecular flexibility index (Phi) is 3.02. The molecule has 0 heterocycles. The summed E-state index contributed by atoms with van der Waals surface area (Å²) >= 11 is 0. The van der Waals surface area contributed by atoms with Crippen LogP contribution in [-0.4, -0.2) is 0 Å². The van der Waals surface area contributed by atoms with Gasteiger partial charge in [-0.3, -0.25) is 0 Å². The summed E-state index contributed by atoms with van der Waals surface area (Å²) in [5, 5.41) is 0. The van der Waals surface area contributed by atoms with Gasteiger partial charge in [0.25, 0.3) is 0 Å². The number of rotatable bonds is 3. The molecule has 90 valence electrons. The third-order valence-electron chi connectivity index (χ3n) is 3.93. The van der Waals surface area contributed by atoms with Crippen LogP contribution in [0.4, 0.5) is 0 Å². The Morgan fingerprint density at radius 2 is 1.72 bits per heavy atom. The van der Waals surface area contributed by atoms with E-state index < -0.39 is 0 Å². The van der Waals surface area contributed by atoms with Gasteiger partial charge < -0.3 is 0 Å². The molecular weight excluding hydrogens is 216 g/mol. The van der Waals surface area contributed by atoms with E-state index in [1.54, 1.807) is 0 Å². The van der Waals surface area contributed by atoms with Crippen molar-refractivity contribution in [2.75, 3.05) is 0 Å². The molecule has 3 rings (SSSR count). The fourth-order valence-electron chi connectivity index (χ4n) is 3.10. The Morgan fingerprint density at radius 3 is 2.56 bits per heavy atom. The quantitative estimate of drug-likeness (QED) is 0.686. The molecule has 2 aromatic rings. The van der Waals surface area contributed by atoms with E-state index in [-0.39, 0.29) is 0 Å². The van der Waals surface area contributed by atoms with Crippen molar-refractivity contribution in [1.29, 1.82) is 0 Å². The maximum Gasteiger partial charge on any atom is 0.00980 e. The Labute approximate surface area is 109 Å². The van der Waals surface area contributed by atoms with E-state index >= 15 is 0 Å². The van der Waals surface area contributed by atoms with Crippen LogP contribution in [0.2, 0.25) is 0 Å². The lowest BCUT2D eigenvalue weighted by Gasteiger charge is -2.16. The molecule has 1 aliphatic rings. The fraction of sp³-hybridized carbons (Fsp3) is 0.222. The average Bonchev–Trinajstić information content (AvgIpc) is 2.84. The molecule has 0 nitrogen and oxygen atoms in total. The molecule has 0 heteroatoms. The maximum absolute atomic E-state index is 3.87. The molecule has 1 unspecified atom stereocenters. The minimum Gasteiger partial charge on any atom is -0.103 e. The Balaban J connectivity index is 2.04. The van der Waals surface area contributed by atoms with Crippen LogP contribution in [-0.2, 0) is 12.8 Å². The van der Waals surface area contributed by atoms with E-state index in [9.17, 15) is 0 Å². The van der Waals surface area contributed by atoms with Gasteiger partial charge in [0.1, 0.15) is 0 Å². The van der Waals surface area contributed by atoms with E-state index in [4.69, 9.17) is 0 Å². The monoisotopic (exact) mass is 234 g/mol. The van der Waals surface area contributed by atoms with Gasteiger partial charge in [0, 0.05) is 5.92 Å². The summed E-state index contributed by atoms with van der Waals surface area (Å²) in [5.74, 6) is 0.581. The molecule has 0 bridgehead atoms. The predicted molar refractivity (Wildman–Crippen MR) is 76.9 cm³/mol. The van der Waals surface area contributed by atoms with Gasteiger partial charge in [-0.05, 0) is 41.5 Å². The van der Waals surface area contributed by atoms with Crippen molar-refractivity contribution in [2.45, 2.75) is 25.2 Å². The van der Waals surface area contributed by atoms with E-state index in [0.717, 1.165) is 6.42 Å². The number of hydrogen-bond donors (Lipinski definition) is 0. The van der Waals surface area contributed by atoms with E-state index in [2.05, 4.69) is 55.1 Å². The lowest BCUT2D eigenvalue weighted by atomic mass is 9.88. The van der Waals surface area contributed by atoms with Gasteiger partial charge in [0.05, 0.1) is 0 Å². The molecule has 0 radical (unpaired) electrons. The highest BCUT2D eigenvalue weighted by atomic mass is 14.3. The minimum atomic E-state index is 0.581. The first-order valence-corrected chi connectivity index (χ1v) is 6.66. The summed E-state index contributed by atoms with van der Waals surface area (Å²) in [5.41, 5.74) is 5.96. The average molecular weight is 234 g/mol. The number of benzene rings is 2. The Bertz CT molecular complexity index is 566. The fourth-order valence-corrected chi connectivity index (χ4v) is 3.10. The zero-order chi connectivity index (χ0) is 12.4. The molecule has 1 aliphatic carbocycles. The van der Waals surface area contributed by atoms with Gasteiger partial charge in [-0.15, -0.1) is 6.58 Å². The zero-order valence-corrected chi connectivity index (χ0v) is 10.6. The maximum atomic E-state index is 3.87. The van der Waals surface area contributed by atoms with E-state index in [0.29, 0.717) is 5.92 Å². The van der Waals surface area contributed by atoms with Gasteiger partial charge >= 0.3 is 0 Å². The van der Waals surface area contributed by atoms with Crippen molar-refractivity contribution in [3.63, 3.8) is 0 Å². The van der Waals surface area contributed by atoms with Crippen molar-refractivity contribution in [3.8, 4) is 0 Å². The van der Waals surface area contributed by atoms with Crippen LogP contribution in [0.25, 0.3) is 0 Å². The highest BCUT2D eigenvalue weighted by Gasteiger charge is 2.24. The lowest BCUT2D eigenvalue weighted by molar-refractivity contribution is 0.779. The van der Waals surface area contributed by atoms with Crippen LogP contribution in [0.5, 0.6) is 0 Å². The third-order valence-corrected chi connectivity index (χ3v) is 3.93. The Morgan fingerprint density at radius 1 is 1.00 bits per heavy atom. The number of fused-ring (bicyclic) bond motifs is 1. The predicted octanol–water partition coefficient (Wildman–Crippen LogP) is 4.49. The first kappa shape index (κ1) is 11.3. The van der Waals surface area contributed by atoms with Gasteiger partial charge in [-0.25, -0.2) is 0 Å². The Hall–Kier alpha value is -1.82. The largest absolute Gasteiger partial charge is 0.103 e. The summed E-state index contributed by atoms with van der Waals surface area (Å²) < 4.78 is 0. The summed E-state index contributed by atoms with van der Waals surface area (Å²) in [4.78, 5) is 0. The molecule has 0 fully saturated rings. The van der Waals surface area contributed by atoms with Gasteiger partial charge in [-0.1, -0.05) is 54.6 Å². The second-order valence-electron chi connectivity index (χ2n) is 4.98. The molecule has 0 saturated carbocycles. The molecule has 0 aliphatic heterocycles. The molecule has 0 N–H and O–H groups in total. The summed E-state index contributed by atoms with van der Waals surface area (Å²) in [6.45, 7) is 3.87. The van der Waals surface area contributed by atoms with Gasteiger partial charge in [0.15, 0.2) is 0 Å². The highest BCUT2D eigenvalue weighted by molar-refractivity contribution is 5.45. The molecular formula is C18H18. The van der Waals surface area contributed by atoms with E-state index in [1.807, 2.05) is 6.08 Å². The van der Waals surface area contributed by atoms with Crippen LogP contribution < -0.4 is 0 Å². The van der Waals surface area contributed by atoms with Gasteiger partial charge in [-0.2, -0.15) is 0 Å². The third kappa shape index (κ3) is 1.88. The van der Waals surface area contributed by atoms with Crippen LogP contribution in [0, 0.1) is 0 Å². The zero-order valence-electron chi connectivity index (χ0n) is 10.6. The van der Waals surface area contributed by atoms with Crippen LogP contribution in [0.3, 0.4) is 0 Å². The number of hydrogen-bond acceptors (Lipinski definition) is 0. The van der Waals surface area contributed by atoms with Gasteiger partial charge in [0.2, 0.25) is 0 Å². The van der Waals surface area contributed by atoms with Crippen molar-refractivity contribution in [2.24, 2.45) is 0 Å². The highest BCUT2D eigenvalue weighted by Crippen LogP contribution is 2.39. The van der Waals surface area contributed by atoms with Crippen molar-refractivity contribution < 1.29 is 0 Å². The molecule has 0 spiro atoms. The molecule has 1 atom stereocenters. The van der Waals surface area contributed by atoms with Crippen molar-refractivity contribution >= 4 is 0 Å². The second-order valence-corrected chi connectivity index (χ2v) is 4.98. The first-order valence-electron chi connectivity index (χ1n) is 6.66. The summed E-state index contributed by atoms with van der Waals surface area (Å²) in [6.07, 6.45) is 5.42. The SMILES string of the molecule is C=CCc1ccccc1C1CCc2ccccc21. The number of allylic oxidation sites excluding steroid dienone is 1. The normalized spacial score (nSPS) is 17.4. The number of aryl methyl sites for hydroxylation is 1. The van der Waals surface area contributed by atoms with E-state index in [1.165, 1.54) is 35.1 Å². The van der Waals surface area contributed by atoms with Crippen LogP contribution in [0.15, 0.2) is 61.2 Å². The second kappa shape index (κ2) is 4.81. The molecule has 0 aromatic heterocycles. The lowest BCUT2D eigenvalue weighted by Crippen LogP contribution is -2.00. The minimum absolute atomic E-state index is 0.581. The smallest absolute Gasteiger partial charge is 0.00980 e.